The molecule has 0 N–H and O–H groups in total. The highest BCUT2D eigenvalue weighted by atomic mass is 79.9. The Hall–Kier alpha value is -1.76. The number of carbonyl (C=O) groups excluding carboxylic acids is 1. The Morgan fingerprint density at radius 2 is 2.35 bits per heavy atom. The smallest absolute Gasteiger partial charge is 0.255 e. The average Bonchev–Trinajstić information content (AvgIpc) is 3.01. The Labute approximate surface area is 124 Å². The minimum atomic E-state index is -0.116. The van der Waals surface area contributed by atoms with Gasteiger partial charge >= 0.3 is 0 Å². The zero-order valence-corrected chi connectivity index (χ0v) is 12.3. The van der Waals surface area contributed by atoms with E-state index in [1.165, 1.54) is 6.39 Å². The lowest BCUT2D eigenvalue weighted by Crippen LogP contribution is -2.39. The Kier molecular flexibility index (Phi) is 3.77. The topological polar surface area (TPSA) is 72.1 Å². The van der Waals surface area contributed by atoms with Gasteiger partial charge in [-0.05, 0) is 41.3 Å². The number of aromatic nitrogens is 3. The molecule has 7 heteroatoms. The summed E-state index contributed by atoms with van der Waals surface area (Å²) in [6.07, 6.45) is 7.44. The zero-order valence-electron chi connectivity index (χ0n) is 10.7. The molecule has 2 aromatic rings. The first-order chi connectivity index (χ1) is 9.77. The number of hydrogen-bond donors (Lipinski definition) is 0. The van der Waals surface area contributed by atoms with Crippen LogP contribution in [0.1, 0.15) is 41.5 Å². The Bertz CT molecular complexity index is 602. The van der Waals surface area contributed by atoms with Gasteiger partial charge in [-0.2, -0.15) is 4.98 Å². The van der Waals surface area contributed by atoms with Crippen LogP contribution in [-0.4, -0.2) is 32.5 Å². The molecule has 1 saturated heterocycles. The second-order valence-electron chi connectivity index (χ2n) is 4.66. The fraction of sp³-hybridized carbons (Fsp3) is 0.385. The van der Waals surface area contributed by atoms with Gasteiger partial charge in [-0.3, -0.25) is 9.78 Å². The molecule has 1 fully saturated rings. The predicted octanol–water partition coefficient (Wildman–Crippen LogP) is 2.59. The van der Waals surface area contributed by atoms with Crippen molar-refractivity contribution in [1.29, 1.82) is 0 Å². The fourth-order valence-corrected chi connectivity index (χ4v) is 2.89. The maximum Gasteiger partial charge on any atom is 0.255 e. The molecule has 0 saturated carbocycles. The van der Waals surface area contributed by atoms with Crippen LogP contribution in [0.15, 0.2) is 33.8 Å². The molecule has 0 spiro atoms. The molecular weight excluding hydrogens is 324 g/mol. The van der Waals surface area contributed by atoms with Crippen molar-refractivity contribution in [3.05, 3.63) is 40.7 Å². The Balaban J connectivity index is 1.90. The minimum absolute atomic E-state index is 0.0335. The molecule has 0 aromatic carbocycles. The van der Waals surface area contributed by atoms with E-state index in [0.29, 0.717) is 22.4 Å². The van der Waals surface area contributed by atoms with Crippen LogP contribution in [0.25, 0.3) is 0 Å². The number of nitrogens with zero attached hydrogens (tertiary/aromatic N) is 4. The first-order valence-electron chi connectivity index (χ1n) is 6.44. The number of halogens is 1. The molecule has 3 heterocycles. The normalized spacial score (nSPS) is 19.1. The fourth-order valence-electron chi connectivity index (χ4n) is 2.47. The second kappa shape index (κ2) is 5.70. The minimum Gasteiger partial charge on any atom is -0.343 e. The average molecular weight is 337 g/mol. The lowest BCUT2D eigenvalue weighted by atomic mass is 10.0. The summed E-state index contributed by atoms with van der Waals surface area (Å²) >= 11 is 3.37. The van der Waals surface area contributed by atoms with E-state index in [0.717, 1.165) is 19.3 Å². The largest absolute Gasteiger partial charge is 0.343 e. The van der Waals surface area contributed by atoms with Gasteiger partial charge in [0.15, 0.2) is 5.82 Å². The van der Waals surface area contributed by atoms with Gasteiger partial charge in [-0.1, -0.05) is 5.16 Å². The van der Waals surface area contributed by atoms with Crippen LogP contribution in [0.4, 0.5) is 0 Å². The number of carbonyl (C=O) groups is 1. The molecule has 0 bridgehead atoms. The molecule has 0 aliphatic carbocycles. The molecule has 1 aliphatic heterocycles. The molecule has 1 aliphatic rings. The summed E-state index contributed by atoms with van der Waals surface area (Å²) < 4.78 is 5.50. The highest BCUT2D eigenvalue weighted by Crippen LogP contribution is 2.31. The van der Waals surface area contributed by atoms with Crippen LogP contribution in [0.3, 0.4) is 0 Å². The van der Waals surface area contributed by atoms with Crippen molar-refractivity contribution in [2.24, 2.45) is 0 Å². The van der Waals surface area contributed by atoms with Crippen molar-refractivity contribution >= 4 is 21.8 Å². The molecule has 1 atom stereocenters. The van der Waals surface area contributed by atoms with Crippen molar-refractivity contribution in [3.63, 3.8) is 0 Å². The first-order valence-corrected chi connectivity index (χ1v) is 7.23. The van der Waals surface area contributed by atoms with E-state index >= 15 is 0 Å². The van der Waals surface area contributed by atoms with Crippen molar-refractivity contribution in [1.82, 2.24) is 20.0 Å². The summed E-state index contributed by atoms with van der Waals surface area (Å²) in [4.78, 5) is 22.6. The van der Waals surface area contributed by atoms with Gasteiger partial charge in [0.25, 0.3) is 5.91 Å². The molecule has 0 radical (unpaired) electrons. The van der Waals surface area contributed by atoms with Gasteiger partial charge in [-0.25, -0.2) is 0 Å². The van der Waals surface area contributed by atoms with E-state index in [-0.39, 0.29) is 11.9 Å². The summed E-state index contributed by atoms with van der Waals surface area (Å²) in [5.41, 5.74) is 0.607. The molecule has 1 amide bonds. The summed E-state index contributed by atoms with van der Waals surface area (Å²) in [5, 5.41) is 3.88. The molecule has 6 nitrogen and oxygen atoms in total. The number of pyridine rings is 1. The number of rotatable bonds is 2. The van der Waals surface area contributed by atoms with Gasteiger partial charge < -0.3 is 9.42 Å². The highest BCUT2D eigenvalue weighted by molar-refractivity contribution is 9.10. The van der Waals surface area contributed by atoms with E-state index < -0.39 is 0 Å². The predicted molar refractivity (Wildman–Crippen MR) is 73.9 cm³/mol. The first kappa shape index (κ1) is 13.2. The maximum absolute atomic E-state index is 12.7. The standard InChI is InChI=1S/C13H13BrN4O2/c14-10-7-15-5-4-9(10)13(19)18-6-2-1-3-11(18)12-16-8-20-17-12/h4-5,7-8,11H,1-3,6H2/t11-/m0/s1. The quantitative estimate of drug-likeness (QED) is 0.842. The summed E-state index contributed by atoms with van der Waals surface area (Å²) in [5.74, 6) is 0.539. The lowest BCUT2D eigenvalue weighted by Gasteiger charge is -2.34. The van der Waals surface area contributed by atoms with Crippen LogP contribution < -0.4 is 0 Å². The molecule has 2 aromatic heterocycles. The number of likely N-dealkylation sites (tertiary alicyclic amines) is 1. The molecule has 0 unspecified atom stereocenters. The third kappa shape index (κ3) is 2.45. The maximum atomic E-state index is 12.7. The van der Waals surface area contributed by atoms with E-state index in [9.17, 15) is 4.79 Å². The van der Waals surface area contributed by atoms with E-state index in [2.05, 4.69) is 31.1 Å². The van der Waals surface area contributed by atoms with Crippen LogP contribution in [0, 0.1) is 0 Å². The molecule has 3 rings (SSSR count). The van der Waals surface area contributed by atoms with Gasteiger partial charge in [0.1, 0.15) is 0 Å². The van der Waals surface area contributed by atoms with Crippen LogP contribution >= 0.6 is 15.9 Å². The van der Waals surface area contributed by atoms with E-state index in [4.69, 9.17) is 4.52 Å². The third-order valence-electron chi connectivity index (χ3n) is 3.44. The number of piperidine rings is 1. The monoisotopic (exact) mass is 336 g/mol. The van der Waals surface area contributed by atoms with Crippen molar-refractivity contribution < 1.29 is 9.32 Å². The van der Waals surface area contributed by atoms with Crippen molar-refractivity contribution in [2.45, 2.75) is 25.3 Å². The van der Waals surface area contributed by atoms with Crippen LogP contribution in [-0.2, 0) is 0 Å². The number of amides is 1. The van der Waals surface area contributed by atoms with E-state index in [1.807, 2.05) is 4.90 Å². The third-order valence-corrected chi connectivity index (χ3v) is 4.07. The van der Waals surface area contributed by atoms with Gasteiger partial charge in [-0.15, -0.1) is 0 Å². The van der Waals surface area contributed by atoms with Crippen molar-refractivity contribution in [3.8, 4) is 0 Å². The van der Waals surface area contributed by atoms with Crippen LogP contribution in [0.2, 0.25) is 0 Å². The highest BCUT2D eigenvalue weighted by Gasteiger charge is 2.32. The van der Waals surface area contributed by atoms with Gasteiger partial charge in [0, 0.05) is 23.4 Å². The molecule has 104 valence electrons. The lowest BCUT2D eigenvalue weighted by molar-refractivity contribution is 0.0595. The molecular formula is C13H13BrN4O2. The number of hydrogen-bond acceptors (Lipinski definition) is 5. The second-order valence-corrected chi connectivity index (χ2v) is 5.51. The van der Waals surface area contributed by atoms with Crippen molar-refractivity contribution in [2.75, 3.05) is 6.54 Å². The SMILES string of the molecule is O=C(c1ccncc1Br)N1CCCC[C@H]1c1ncon1. The summed E-state index contributed by atoms with van der Waals surface area (Å²) in [6.45, 7) is 0.701. The summed E-state index contributed by atoms with van der Waals surface area (Å²) in [6, 6.07) is 1.60. The van der Waals surface area contributed by atoms with E-state index in [1.54, 1.807) is 18.5 Å². The van der Waals surface area contributed by atoms with Crippen LogP contribution in [0.5, 0.6) is 0 Å². The molecule has 20 heavy (non-hydrogen) atoms. The van der Waals surface area contributed by atoms with Gasteiger partial charge in [0.05, 0.1) is 11.6 Å². The zero-order chi connectivity index (χ0) is 13.9. The Morgan fingerprint density at radius 3 is 3.10 bits per heavy atom. The Morgan fingerprint density at radius 1 is 1.45 bits per heavy atom. The van der Waals surface area contributed by atoms with Gasteiger partial charge in [0.2, 0.25) is 6.39 Å². The summed E-state index contributed by atoms with van der Waals surface area (Å²) in [7, 11) is 0.